The summed E-state index contributed by atoms with van der Waals surface area (Å²) in [5.41, 5.74) is 1.08. The zero-order chi connectivity index (χ0) is 11.7. The van der Waals surface area contributed by atoms with Gasteiger partial charge in [-0.1, -0.05) is 0 Å². The van der Waals surface area contributed by atoms with Crippen molar-refractivity contribution in [3.63, 3.8) is 0 Å². The standard InChI is InChI=1S/C11H16N6/c1-16-8-14-15-11(16)6-17-5-10(13-7-17)4-12-9-2-3-9/h5,7-9,12H,2-4,6H2,1H3. The van der Waals surface area contributed by atoms with E-state index in [1.54, 1.807) is 6.33 Å². The number of aryl methyl sites for hydroxylation is 1. The minimum absolute atomic E-state index is 0.715. The van der Waals surface area contributed by atoms with Gasteiger partial charge in [-0.2, -0.15) is 0 Å². The van der Waals surface area contributed by atoms with Crippen LogP contribution in [0.4, 0.5) is 0 Å². The van der Waals surface area contributed by atoms with Crippen LogP contribution in [-0.4, -0.2) is 30.4 Å². The third kappa shape index (κ3) is 2.52. The van der Waals surface area contributed by atoms with Crippen molar-refractivity contribution in [3.05, 3.63) is 30.4 Å². The first-order valence-electron chi connectivity index (χ1n) is 5.88. The number of imidazole rings is 1. The maximum atomic E-state index is 4.37. The van der Waals surface area contributed by atoms with Crippen LogP contribution in [0.1, 0.15) is 24.4 Å². The van der Waals surface area contributed by atoms with Crippen molar-refractivity contribution in [2.45, 2.75) is 32.0 Å². The van der Waals surface area contributed by atoms with Gasteiger partial charge in [0.25, 0.3) is 0 Å². The van der Waals surface area contributed by atoms with E-state index in [2.05, 4.69) is 26.7 Å². The molecule has 0 spiro atoms. The molecule has 1 aliphatic rings. The normalized spacial score (nSPS) is 15.4. The molecule has 2 heterocycles. The summed E-state index contributed by atoms with van der Waals surface area (Å²) in [5, 5.41) is 11.4. The van der Waals surface area contributed by atoms with Crippen LogP contribution in [0.15, 0.2) is 18.9 Å². The number of rotatable bonds is 5. The van der Waals surface area contributed by atoms with Crippen molar-refractivity contribution in [2.24, 2.45) is 7.05 Å². The molecule has 17 heavy (non-hydrogen) atoms. The Bertz CT molecular complexity index is 496. The van der Waals surface area contributed by atoms with Gasteiger partial charge in [-0.25, -0.2) is 4.98 Å². The minimum atomic E-state index is 0.715. The Balaban J connectivity index is 1.61. The maximum absolute atomic E-state index is 4.37. The maximum Gasteiger partial charge on any atom is 0.152 e. The van der Waals surface area contributed by atoms with Gasteiger partial charge >= 0.3 is 0 Å². The highest BCUT2D eigenvalue weighted by Crippen LogP contribution is 2.18. The van der Waals surface area contributed by atoms with E-state index in [4.69, 9.17) is 0 Å². The predicted octanol–water partition coefficient (Wildman–Crippen LogP) is 0.312. The number of nitrogens with one attached hydrogen (secondary N) is 1. The summed E-state index contributed by atoms with van der Waals surface area (Å²) in [7, 11) is 1.95. The predicted molar refractivity (Wildman–Crippen MR) is 62.2 cm³/mol. The number of hydrogen-bond donors (Lipinski definition) is 1. The van der Waals surface area contributed by atoms with Gasteiger partial charge in [0.05, 0.1) is 18.6 Å². The first-order chi connectivity index (χ1) is 8.31. The number of hydrogen-bond acceptors (Lipinski definition) is 4. The molecule has 1 aliphatic carbocycles. The number of nitrogens with zero attached hydrogens (tertiary/aromatic N) is 5. The SMILES string of the molecule is Cn1cnnc1Cn1cnc(CNC2CC2)c1. The summed E-state index contributed by atoms with van der Waals surface area (Å²) in [6, 6.07) is 0.721. The molecule has 6 nitrogen and oxygen atoms in total. The first-order valence-corrected chi connectivity index (χ1v) is 5.88. The van der Waals surface area contributed by atoms with Crippen LogP contribution in [-0.2, 0) is 20.1 Å². The lowest BCUT2D eigenvalue weighted by Gasteiger charge is -2.01. The Morgan fingerprint density at radius 1 is 1.41 bits per heavy atom. The average molecular weight is 232 g/mol. The molecule has 0 atom stereocenters. The molecule has 6 heteroatoms. The topological polar surface area (TPSA) is 60.6 Å². The van der Waals surface area contributed by atoms with Crippen molar-refractivity contribution in [1.29, 1.82) is 0 Å². The molecule has 1 saturated carbocycles. The second-order valence-electron chi connectivity index (χ2n) is 4.55. The van der Waals surface area contributed by atoms with Crippen LogP contribution >= 0.6 is 0 Å². The summed E-state index contributed by atoms with van der Waals surface area (Å²) in [5.74, 6) is 0.934. The van der Waals surface area contributed by atoms with Crippen LogP contribution in [0, 0.1) is 0 Å². The van der Waals surface area contributed by atoms with Crippen molar-refractivity contribution in [3.8, 4) is 0 Å². The van der Waals surface area contributed by atoms with Crippen LogP contribution < -0.4 is 5.32 Å². The van der Waals surface area contributed by atoms with Gasteiger partial charge in [0.2, 0.25) is 0 Å². The van der Waals surface area contributed by atoms with E-state index >= 15 is 0 Å². The molecule has 90 valence electrons. The Hall–Kier alpha value is -1.69. The van der Waals surface area contributed by atoms with Crippen LogP contribution in [0.25, 0.3) is 0 Å². The van der Waals surface area contributed by atoms with Crippen molar-refractivity contribution in [1.82, 2.24) is 29.6 Å². The highest BCUT2D eigenvalue weighted by atomic mass is 15.3. The second-order valence-corrected chi connectivity index (χ2v) is 4.55. The average Bonchev–Trinajstić information content (AvgIpc) is 2.92. The summed E-state index contributed by atoms with van der Waals surface area (Å²) in [4.78, 5) is 4.37. The summed E-state index contributed by atoms with van der Waals surface area (Å²) in [6.45, 7) is 1.57. The minimum Gasteiger partial charge on any atom is -0.329 e. The van der Waals surface area contributed by atoms with E-state index in [1.807, 2.05) is 22.5 Å². The Kier molecular flexibility index (Phi) is 2.64. The van der Waals surface area contributed by atoms with Gasteiger partial charge in [-0.15, -0.1) is 10.2 Å². The van der Waals surface area contributed by atoms with Crippen molar-refractivity contribution in [2.75, 3.05) is 0 Å². The molecule has 0 radical (unpaired) electrons. The molecule has 0 amide bonds. The molecular formula is C11H16N6. The quantitative estimate of drug-likeness (QED) is 0.806. The van der Waals surface area contributed by atoms with Crippen molar-refractivity contribution >= 4 is 0 Å². The molecule has 1 N–H and O–H groups in total. The third-order valence-corrected chi connectivity index (χ3v) is 2.97. The van der Waals surface area contributed by atoms with E-state index in [-0.39, 0.29) is 0 Å². The smallest absolute Gasteiger partial charge is 0.152 e. The largest absolute Gasteiger partial charge is 0.329 e. The molecular weight excluding hydrogens is 216 g/mol. The molecule has 1 fully saturated rings. The van der Waals surface area contributed by atoms with Gasteiger partial charge in [0.1, 0.15) is 6.33 Å². The van der Waals surface area contributed by atoms with E-state index in [1.165, 1.54) is 12.8 Å². The van der Waals surface area contributed by atoms with Gasteiger partial charge in [-0.05, 0) is 12.8 Å². The van der Waals surface area contributed by atoms with Gasteiger partial charge in [0.15, 0.2) is 5.82 Å². The zero-order valence-corrected chi connectivity index (χ0v) is 9.87. The molecule has 2 aromatic heterocycles. The van der Waals surface area contributed by atoms with Crippen molar-refractivity contribution < 1.29 is 0 Å². The van der Waals surface area contributed by atoms with Gasteiger partial charge in [0, 0.05) is 25.8 Å². The molecule has 0 unspecified atom stereocenters. The summed E-state index contributed by atoms with van der Waals surface area (Å²) >= 11 is 0. The van der Waals surface area contributed by atoms with Gasteiger partial charge < -0.3 is 14.5 Å². The highest BCUT2D eigenvalue weighted by molar-refractivity contribution is 5.00. The Morgan fingerprint density at radius 3 is 3.00 bits per heavy atom. The highest BCUT2D eigenvalue weighted by Gasteiger charge is 2.20. The molecule has 3 rings (SSSR count). The second kappa shape index (κ2) is 4.29. The third-order valence-electron chi connectivity index (χ3n) is 2.97. The van der Waals surface area contributed by atoms with Crippen LogP contribution in [0.3, 0.4) is 0 Å². The fraction of sp³-hybridized carbons (Fsp3) is 0.545. The fourth-order valence-corrected chi connectivity index (χ4v) is 1.73. The van der Waals surface area contributed by atoms with E-state index in [9.17, 15) is 0 Å². The Morgan fingerprint density at radius 2 is 2.29 bits per heavy atom. The van der Waals surface area contributed by atoms with Crippen LogP contribution in [0.5, 0.6) is 0 Å². The zero-order valence-electron chi connectivity index (χ0n) is 9.87. The lowest BCUT2D eigenvalue weighted by Crippen LogP contribution is -2.15. The lowest BCUT2D eigenvalue weighted by atomic mass is 10.4. The molecule has 2 aromatic rings. The molecule has 0 bridgehead atoms. The lowest BCUT2D eigenvalue weighted by molar-refractivity contribution is 0.672. The van der Waals surface area contributed by atoms with E-state index in [0.717, 1.165) is 24.1 Å². The van der Waals surface area contributed by atoms with Crippen LogP contribution in [0.2, 0.25) is 0 Å². The van der Waals surface area contributed by atoms with E-state index in [0.29, 0.717) is 6.54 Å². The Labute approximate surface area is 99.7 Å². The molecule has 0 aliphatic heterocycles. The summed E-state index contributed by atoms with van der Waals surface area (Å²) in [6.07, 6.45) is 8.23. The first kappa shape index (κ1) is 10.5. The fourth-order valence-electron chi connectivity index (χ4n) is 1.73. The van der Waals surface area contributed by atoms with E-state index < -0.39 is 0 Å². The molecule has 0 aromatic carbocycles. The molecule has 0 saturated heterocycles. The number of aromatic nitrogens is 5. The summed E-state index contributed by atoms with van der Waals surface area (Å²) < 4.78 is 3.95. The van der Waals surface area contributed by atoms with Gasteiger partial charge in [-0.3, -0.25) is 0 Å². The monoisotopic (exact) mass is 232 g/mol.